The van der Waals surface area contributed by atoms with E-state index in [-0.39, 0.29) is 32.4 Å². The largest absolute Gasteiger partial charge is 0.459 e. The molecule has 3 aliphatic heterocycles. The summed E-state index contributed by atoms with van der Waals surface area (Å²) in [6, 6.07) is 27.7. The number of aliphatic imine (C=N–C) groups is 1. The summed E-state index contributed by atoms with van der Waals surface area (Å²) in [5.74, 6) is -3.30. The number of amides is 1. The fraction of sp³-hybridized carbons (Fsp3) is 0.378. The molecule has 8 atom stereocenters. The van der Waals surface area contributed by atoms with E-state index in [9.17, 15) is 19.2 Å². The molecule has 0 radical (unpaired) electrons. The van der Waals surface area contributed by atoms with Crippen molar-refractivity contribution in [2.75, 3.05) is 6.61 Å². The van der Waals surface area contributed by atoms with Gasteiger partial charge in [-0.05, 0) is 16.7 Å². The van der Waals surface area contributed by atoms with E-state index >= 15 is 0 Å². The lowest BCUT2D eigenvalue weighted by Gasteiger charge is -2.58. The third-order valence-electron chi connectivity index (χ3n) is 9.38. The number of nitrogens with zero attached hydrogens (tertiary/aromatic N) is 1. The second kappa shape index (κ2) is 14.1. The van der Waals surface area contributed by atoms with Gasteiger partial charge in [-0.15, -0.1) is 0 Å². The highest BCUT2D eigenvalue weighted by molar-refractivity contribution is 5.96. The van der Waals surface area contributed by atoms with Crippen molar-refractivity contribution in [3.8, 4) is 0 Å². The van der Waals surface area contributed by atoms with Crippen molar-refractivity contribution in [2.24, 2.45) is 10.9 Å². The summed E-state index contributed by atoms with van der Waals surface area (Å²) in [7, 11) is 0. The van der Waals surface area contributed by atoms with Crippen molar-refractivity contribution in [1.29, 1.82) is 0 Å². The van der Waals surface area contributed by atoms with Gasteiger partial charge in [0.25, 0.3) is 0 Å². The fourth-order valence-corrected chi connectivity index (χ4v) is 7.26. The van der Waals surface area contributed by atoms with E-state index in [2.05, 4.69) is 15.6 Å². The Balaban J connectivity index is 1.26. The Morgan fingerprint density at radius 1 is 0.804 bits per heavy atom. The molecule has 14 heteroatoms. The van der Waals surface area contributed by atoms with Crippen LogP contribution in [-0.4, -0.2) is 78.4 Å². The molecule has 266 valence electrons. The normalized spacial score (nSPS) is 29.8. The number of guanidine groups is 1. The van der Waals surface area contributed by atoms with E-state index in [1.807, 2.05) is 78.9 Å². The number of benzene rings is 3. The van der Waals surface area contributed by atoms with E-state index in [1.165, 1.54) is 13.8 Å². The lowest BCUT2D eigenvalue weighted by atomic mass is 9.60. The minimum absolute atomic E-state index is 0.0268. The van der Waals surface area contributed by atoms with Crippen molar-refractivity contribution < 1.29 is 52.3 Å². The Morgan fingerprint density at radius 3 is 1.98 bits per heavy atom. The molecule has 2 bridgehead atoms. The number of rotatable bonds is 11. The van der Waals surface area contributed by atoms with Crippen LogP contribution in [0.1, 0.15) is 30.5 Å². The summed E-state index contributed by atoms with van der Waals surface area (Å²) in [5.41, 5.74) is -0.632. The molecule has 3 aromatic carbocycles. The molecular formula is C37H37N3O11. The third kappa shape index (κ3) is 6.77. The summed E-state index contributed by atoms with van der Waals surface area (Å²) < 4.78 is 42.2. The van der Waals surface area contributed by atoms with E-state index in [0.717, 1.165) is 16.7 Å². The van der Waals surface area contributed by atoms with Crippen molar-refractivity contribution in [2.45, 2.75) is 75.5 Å². The van der Waals surface area contributed by atoms with Gasteiger partial charge in [0.05, 0.1) is 25.7 Å². The monoisotopic (exact) mass is 699 g/mol. The van der Waals surface area contributed by atoms with E-state index < -0.39 is 71.7 Å². The first-order valence-corrected chi connectivity index (χ1v) is 16.5. The number of epoxide rings is 1. The highest BCUT2D eigenvalue weighted by Crippen LogP contribution is 2.60. The van der Waals surface area contributed by atoms with Crippen molar-refractivity contribution in [3.05, 3.63) is 108 Å². The molecule has 4 aliphatic rings. The first-order valence-electron chi connectivity index (χ1n) is 16.5. The minimum atomic E-state index is -1.73. The maximum absolute atomic E-state index is 13.9. The standard InChI is InChI=1S/C37H37N3O11/c1-22(41)48-28-27-32-38-34(39-35(44)47-20-26-16-10-5-11-17-26)40-37(27,31(33(43)50-32)46-19-25-14-8-4-9-15-25)30(49-23(2)42)29-36(28,51-29)21-45-18-24-12-6-3-7-13-24/h3-17,27-32H,18-21H2,1-2H3,(H2,38,39,40,44)/t27?,28?,29?,30?,31-,32?,36?,37?/m1/s1. The number of alkyl carbamates (subject to hydrolysis) is 1. The third-order valence-corrected chi connectivity index (χ3v) is 9.38. The predicted octanol–water partition coefficient (Wildman–Crippen LogP) is 2.93. The maximum atomic E-state index is 13.9. The van der Waals surface area contributed by atoms with Crippen molar-refractivity contribution in [1.82, 2.24) is 10.6 Å². The van der Waals surface area contributed by atoms with Crippen LogP contribution in [0, 0.1) is 5.92 Å². The second-order valence-electron chi connectivity index (χ2n) is 12.8. The number of nitrogens with one attached hydrogen (secondary N) is 2. The summed E-state index contributed by atoms with van der Waals surface area (Å²) in [5, 5.41) is 5.78. The number of carbonyl (C=O) groups is 4. The zero-order chi connectivity index (χ0) is 35.6. The molecule has 1 amide bonds. The zero-order valence-electron chi connectivity index (χ0n) is 27.9. The number of fused-ring (bicyclic) bond motifs is 1. The Kier molecular flexibility index (Phi) is 9.46. The molecule has 14 nitrogen and oxygen atoms in total. The molecule has 2 saturated heterocycles. The van der Waals surface area contributed by atoms with Gasteiger partial charge in [0.2, 0.25) is 12.2 Å². The molecule has 3 aromatic rings. The Bertz CT molecular complexity index is 1790. The average Bonchev–Trinajstić information content (AvgIpc) is 3.85. The Morgan fingerprint density at radius 2 is 1.37 bits per heavy atom. The lowest BCUT2D eigenvalue weighted by molar-refractivity contribution is -0.239. The number of hydrogen-bond donors (Lipinski definition) is 2. The molecule has 51 heavy (non-hydrogen) atoms. The molecule has 0 spiro atoms. The van der Waals surface area contributed by atoms with Crippen molar-refractivity contribution in [3.63, 3.8) is 0 Å². The molecule has 7 unspecified atom stereocenters. The van der Waals surface area contributed by atoms with Gasteiger partial charge in [-0.25, -0.2) is 14.6 Å². The van der Waals surface area contributed by atoms with Gasteiger partial charge in [-0.3, -0.25) is 14.9 Å². The average molecular weight is 700 g/mol. The molecule has 2 N–H and O–H groups in total. The maximum Gasteiger partial charge on any atom is 0.414 e. The van der Waals surface area contributed by atoms with Crippen LogP contribution in [-0.2, 0) is 67.4 Å². The van der Waals surface area contributed by atoms with E-state index in [4.69, 9.17) is 33.2 Å². The highest BCUT2D eigenvalue weighted by atomic mass is 16.7. The molecule has 3 heterocycles. The second-order valence-corrected chi connectivity index (χ2v) is 12.8. The molecular weight excluding hydrogens is 662 g/mol. The fourth-order valence-electron chi connectivity index (χ4n) is 7.26. The molecule has 1 saturated carbocycles. The van der Waals surface area contributed by atoms with E-state index in [0.29, 0.717) is 0 Å². The van der Waals surface area contributed by atoms with E-state index in [1.54, 1.807) is 12.1 Å². The first-order chi connectivity index (χ1) is 24.7. The Labute approximate surface area is 293 Å². The minimum Gasteiger partial charge on any atom is -0.459 e. The number of carbonyl (C=O) groups excluding carboxylic acids is 4. The van der Waals surface area contributed by atoms with Crippen LogP contribution in [0.4, 0.5) is 4.79 Å². The SMILES string of the molecule is CC(=O)OC1C2C3N=C(NC(=O)OCc4ccccc4)NC2(C(OC(C)=O)C2OC21COCc1ccccc1)[C@H](OCc1ccccc1)C(=O)O3. The van der Waals surface area contributed by atoms with Crippen LogP contribution in [0.3, 0.4) is 0 Å². The van der Waals surface area contributed by atoms with Crippen molar-refractivity contribution >= 4 is 30.0 Å². The number of esters is 3. The van der Waals surface area contributed by atoms with Gasteiger partial charge < -0.3 is 38.5 Å². The first kappa shape index (κ1) is 34.2. The molecule has 7 rings (SSSR count). The van der Waals surface area contributed by atoms with Gasteiger partial charge in [-0.1, -0.05) is 91.0 Å². The molecule has 0 aromatic heterocycles. The topological polar surface area (TPSA) is 173 Å². The number of hydrogen-bond acceptors (Lipinski definition) is 13. The van der Waals surface area contributed by atoms with Crippen LogP contribution >= 0.6 is 0 Å². The van der Waals surface area contributed by atoms with Gasteiger partial charge in [0, 0.05) is 13.8 Å². The predicted molar refractivity (Wildman–Crippen MR) is 176 cm³/mol. The summed E-state index contributed by atoms with van der Waals surface area (Å²) in [6.07, 6.45) is -6.99. The molecule has 1 aliphatic carbocycles. The van der Waals surface area contributed by atoms with Gasteiger partial charge >= 0.3 is 24.0 Å². The number of ether oxygens (including phenoxy) is 7. The quantitative estimate of drug-likeness (QED) is 0.171. The summed E-state index contributed by atoms with van der Waals surface area (Å²) in [6.45, 7) is 2.57. The van der Waals surface area contributed by atoms with Crippen LogP contribution < -0.4 is 10.6 Å². The van der Waals surface area contributed by atoms with Crippen LogP contribution in [0.15, 0.2) is 96.0 Å². The molecule has 3 fully saturated rings. The van der Waals surface area contributed by atoms with Gasteiger partial charge in [0.15, 0.2) is 17.8 Å². The van der Waals surface area contributed by atoms with Gasteiger partial charge in [0.1, 0.15) is 24.4 Å². The highest BCUT2D eigenvalue weighted by Gasteiger charge is 2.84. The van der Waals surface area contributed by atoms with Crippen LogP contribution in [0.25, 0.3) is 0 Å². The summed E-state index contributed by atoms with van der Waals surface area (Å²) in [4.78, 5) is 57.0. The van der Waals surface area contributed by atoms with Gasteiger partial charge in [-0.2, -0.15) is 0 Å². The zero-order valence-corrected chi connectivity index (χ0v) is 27.9. The van der Waals surface area contributed by atoms with Crippen LogP contribution in [0.2, 0.25) is 0 Å². The smallest absolute Gasteiger partial charge is 0.414 e. The lowest BCUT2D eigenvalue weighted by Crippen LogP contribution is -2.84. The summed E-state index contributed by atoms with van der Waals surface area (Å²) >= 11 is 0. The Hall–Kier alpha value is -5.31. The van der Waals surface area contributed by atoms with Crippen LogP contribution in [0.5, 0.6) is 0 Å².